The first kappa shape index (κ1) is 13.8. The molecule has 7 heteroatoms. The number of aryl methyl sites for hydroxylation is 2. The van der Waals surface area contributed by atoms with Crippen molar-refractivity contribution in [3.8, 4) is 10.6 Å². The molecule has 106 valence electrons. The lowest BCUT2D eigenvalue weighted by atomic mass is 10.2. The third-order valence-electron chi connectivity index (χ3n) is 2.77. The zero-order valence-electron chi connectivity index (χ0n) is 11.5. The highest BCUT2D eigenvalue weighted by molar-refractivity contribution is 7.17. The molecule has 0 fully saturated rings. The molecule has 0 aliphatic carbocycles. The Morgan fingerprint density at radius 3 is 2.52 bits per heavy atom. The number of carbonyl (C=O) groups excluding carboxylic acids is 1. The molecule has 0 atom stereocenters. The molecule has 2 aromatic heterocycles. The average molecular weight is 316 g/mol. The summed E-state index contributed by atoms with van der Waals surface area (Å²) >= 11 is 2.73. The molecule has 0 saturated carbocycles. The van der Waals surface area contributed by atoms with E-state index in [2.05, 4.69) is 20.5 Å². The smallest absolute Gasteiger partial charge is 0.269 e. The largest absolute Gasteiger partial charge is 0.296 e. The Labute approximate surface area is 129 Å². The first-order chi connectivity index (χ1) is 10.1. The highest BCUT2D eigenvalue weighted by Gasteiger charge is 2.17. The Hall–Kier alpha value is -2.12. The summed E-state index contributed by atoms with van der Waals surface area (Å²) in [6.07, 6.45) is 0. The van der Waals surface area contributed by atoms with Gasteiger partial charge in [0.1, 0.15) is 14.9 Å². The molecule has 1 N–H and O–H groups in total. The molecule has 0 aliphatic heterocycles. The fraction of sp³-hybridized carbons (Fsp3) is 0.143. The topological polar surface area (TPSA) is 67.8 Å². The first-order valence-corrected chi connectivity index (χ1v) is 7.91. The molecular formula is C14H12N4OS2. The van der Waals surface area contributed by atoms with Crippen molar-refractivity contribution >= 4 is 33.7 Å². The number of rotatable bonds is 3. The molecule has 0 aliphatic rings. The average Bonchev–Trinajstić information content (AvgIpc) is 3.06. The second kappa shape index (κ2) is 5.71. The van der Waals surface area contributed by atoms with E-state index in [-0.39, 0.29) is 5.91 Å². The molecule has 3 rings (SSSR count). The van der Waals surface area contributed by atoms with Gasteiger partial charge in [-0.3, -0.25) is 10.1 Å². The molecule has 21 heavy (non-hydrogen) atoms. The van der Waals surface area contributed by atoms with E-state index < -0.39 is 0 Å². The normalized spacial score (nSPS) is 10.6. The van der Waals surface area contributed by atoms with Crippen molar-refractivity contribution in [2.45, 2.75) is 13.8 Å². The van der Waals surface area contributed by atoms with E-state index in [1.165, 1.54) is 22.7 Å². The van der Waals surface area contributed by atoms with Crippen molar-refractivity contribution in [1.29, 1.82) is 0 Å². The van der Waals surface area contributed by atoms with Crippen molar-refractivity contribution in [2.75, 3.05) is 5.32 Å². The van der Waals surface area contributed by atoms with Crippen LogP contribution in [0.3, 0.4) is 0 Å². The van der Waals surface area contributed by atoms with Crippen molar-refractivity contribution in [2.24, 2.45) is 0 Å². The molecule has 0 spiro atoms. The standard InChI is InChI=1S/C14H12N4OS2/c1-8-11(12(19)16-14-18-17-9(2)20-14)21-13(15-8)10-6-4-3-5-7-10/h3-7H,1-2H3,(H,16,18,19). The van der Waals surface area contributed by atoms with Crippen LogP contribution in [0.15, 0.2) is 30.3 Å². The number of benzene rings is 1. The van der Waals surface area contributed by atoms with Gasteiger partial charge in [0.25, 0.3) is 5.91 Å². The predicted molar refractivity (Wildman–Crippen MR) is 84.9 cm³/mol. The van der Waals surface area contributed by atoms with Gasteiger partial charge < -0.3 is 0 Å². The van der Waals surface area contributed by atoms with Gasteiger partial charge in [0.2, 0.25) is 5.13 Å². The summed E-state index contributed by atoms with van der Waals surface area (Å²) in [5.74, 6) is -0.191. The van der Waals surface area contributed by atoms with Gasteiger partial charge in [0, 0.05) is 5.56 Å². The van der Waals surface area contributed by atoms with Crippen LogP contribution in [0.1, 0.15) is 20.4 Å². The monoisotopic (exact) mass is 316 g/mol. The Morgan fingerprint density at radius 1 is 1.10 bits per heavy atom. The lowest BCUT2D eigenvalue weighted by Gasteiger charge is -1.97. The summed E-state index contributed by atoms with van der Waals surface area (Å²) in [4.78, 5) is 17.4. The zero-order chi connectivity index (χ0) is 14.8. The lowest BCUT2D eigenvalue weighted by molar-refractivity contribution is 0.102. The maximum absolute atomic E-state index is 12.3. The molecular weight excluding hydrogens is 304 g/mol. The summed E-state index contributed by atoms with van der Waals surface area (Å²) in [6, 6.07) is 9.82. The summed E-state index contributed by atoms with van der Waals surface area (Å²) in [6.45, 7) is 3.68. The fourth-order valence-electron chi connectivity index (χ4n) is 1.81. The van der Waals surface area contributed by atoms with Crippen molar-refractivity contribution in [1.82, 2.24) is 15.2 Å². The Bertz CT molecular complexity index is 779. The number of aromatic nitrogens is 3. The maximum Gasteiger partial charge on any atom is 0.269 e. The molecule has 1 amide bonds. The van der Waals surface area contributed by atoms with Crippen LogP contribution in [-0.4, -0.2) is 21.1 Å². The van der Waals surface area contributed by atoms with Gasteiger partial charge in [0.05, 0.1) is 5.69 Å². The van der Waals surface area contributed by atoms with E-state index in [1.54, 1.807) is 0 Å². The van der Waals surface area contributed by atoms with Crippen LogP contribution >= 0.6 is 22.7 Å². The SMILES string of the molecule is Cc1nnc(NC(=O)c2sc(-c3ccccc3)nc2C)s1. The number of nitrogens with one attached hydrogen (secondary N) is 1. The summed E-state index contributed by atoms with van der Waals surface area (Å²) in [5, 5.41) is 12.7. The summed E-state index contributed by atoms with van der Waals surface area (Å²) in [7, 11) is 0. The minimum Gasteiger partial charge on any atom is -0.296 e. The van der Waals surface area contributed by atoms with Crippen LogP contribution in [0.2, 0.25) is 0 Å². The van der Waals surface area contributed by atoms with Crippen molar-refractivity contribution in [3.05, 3.63) is 45.9 Å². The van der Waals surface area contributed by atoms with Gasteiger partial charge in [-0.25, -0.2) is 4.98 Å². The van der Waals surface area contributed by atoms with Gasteiger partial charge in [0.15, 0.2) is 0 Å². The van der Waals surface area contributed by atoms with Crippen LogP contribution < -0.4 is 5.32 Å². The number of anilines is 1. The zero-order valence-corrected chi connectivity index (χ0v) is 13.1. The Kier molecular flexibility index (Phi) is 3.76. The molecule has 3 aromatic rings. The van der Waals surface area contributed by atoms with E-state index in [0.29, 0.717) is 10.0 Å². The van der Waals surface area contributed by atoms with E-state index in [0.717, 1.165) is 21.3 Å². The minimum absolute atomic E-state index is 0.191. The van der Waals surface area contributed by atoms with E-state index >= 15 is 0 Å². The van der Waals surface area contributed by atoms with Crippen molar-refractivity contribution < 1.29 is 4.79 Å². The van der Waals surface area contributed by atoms with Crippen LogP contribution in [0, 0.1) is 13.8 Å². The van der Waals surface area contributed by atoms with E-state index in [4.69, 9.17) is 0 Å². The van der Waals surface area contributed by atoms with Gasteiger partial charge in [-0.05, 0) is 13.8 Å². The van der Waals surface area contributed by atoms with Gasteiger partial charge in [-0.2, -0.15) is 0 Å². The molecule has 0 saturated heterocycles. The Morgan fingerprint density at radius 2 is 1.86 bits per heavy atom. The van der Waals surface area contributed by atoms with Crippen LogP contribution in [0.4, 0.5) is 5.13 Å². The van der Waals surface area contributed by atoms with Crippen LogP contribution in [0.25, 0.3) is 10.6 Å². The predicted octanol–water partition coefficient (Wildman–Crippen LogP) is 3.53. The number of nitrogens with zero attached hydrogens (tertiary/aromatic N) is 3. The number of hydrogen-bond acceptors (Lipinski definition) is 6. The first-order valence-electron chi connectivity index (χ1n) is 6.28. The maximum atomic E-state index is 12.3. The number of thiazole rings is 1. The summed E-state index contributed by atoms with van der Waals surface area (Å²) < 4.78 is 0. The number of hydrogen-bond donors (Lipinski definition) is 1. The second-order valence-electron chi connectivity index (χ2n) is 4.38. The molecule has 2 heterocycles. The minimum atomic E-state index is -0.191. The van der Waals surface area contributed by atoms with Crippen LogP contribution in [-0.2, 0) is 0 Å². The summed E-state index contributed by atoms with van der Waals surface area (Å²) in [5.41, 5.74) is 1.73. The van der Waals surface area contributed by atoms with Crippen molar-refractivity contribution in [3.63, 3.8) is 0 Å². The Balaban J connectivity index is 1.86. The molecule has 0 unspecified atom stereocenters. The second-order valence-corrected chi connectivity index (χ2v) is 6.56. The molecule has 0 radical (unpaired) electrons. The number of carbonyl (C=O) groups is 1. The van der Waals surface area contributed by atoms with E-state index in [9.17, 15) is 4.79 Å². The van der Waals surface area contributed by atoms with Crippen LogP contribution in [0.5, 0.6) is 0 Å². The molecule has 5 nitrogen and oxygen atoms in total. The highest BCUT2D eigenvalue weighted by Crippen LogP contribution is 2.28. The highest BCUT2D eigenvalue weighted by atomic mass is 32.1. The van der Waals surface area contributed by atoms with E-state index in [1.807, 2.05) is 44.2 Å². The lowest BCUT2D eigenvalue weighted by Crippen LogP contribution is -2.11. The van der Waals surface area contributed by atoms with Gasteiger partial charge in [-0.1, -0.05) is 41.7 Å². The fourth-order valence-corrected chi connectivity index (χ4v) is 3.37. The third-order valence-corrected chi connectivity index (χ3v) is 4.73. The van der Waals surface area contributed by atoms with Gasteiger partial charge >= 0.3 is 0 Å². The third kappa shape index (κ3) is 2.98. The van der Waals surface area contributed by atoms with Gasteiger partial charge in [-0.15, -0.1) is 21.5 Å². The number of amides is 1. The quantitative estimate of drug-likeness (QED) is 0.802. The molecule has 1 aromatic carbocycles. The molecule has 0 bridgehead atoms.